The summed E-state index contributed by atoms with van der Waals surface area (Å²) in [6.07, 6.45) is 3.46. The first-order valence-electron chi connectivity index (χ1n) is 8.68. The molecule has 1 aromatic carbocycles. The fraction of sp³-hybridized carbons (Fsp3) is 0.667. The van der Waals surface area contributed by atoms with Crippen molar-refractivity contribution in [3.8, 4) is 5.75 Å². The Bertz CT molecular complexity index is 528. The van der Waals surface area contributed by atoms with E-state index in [1.165, 1.54) is 43.6 Å². The van der Waals surface area contributed by atoms with Crippen molar-refractivity contribution < 1.29 is 9.84 Å². The average Bonchev–Trinajstić information content (AvgIpc) is 2.98. The number of ether oxygens (including phenoxy) is 1. The van der Waals surface area contributed by atoms with Crippen LogP contribution in [-0.2, 0) is 11.2 Å². The predicted molar refractivity (Wildman–Crippen MR) is 86.4 cm³/mol. The SMILES string of the molecule is Oc1cccc2c1CCC1C2CCN1CCN1CCOCC1. The van der Waals surface area contributed by atoms with Crippen LogP contribution in [0.1, 0.15) is 29.9 Å². The Hall–Kier alpha value is -1.10. The number of fused-ring (bicyclic) bond motifs is 3. The monoisotopic (exact) mass is 302 g/mol. The van der Waals surface area contributed by atoms with Gasteiger partial charge in [0.15, 0.2) is 0 Å². The lowest BCUT2D eigenvalue weighted by Crippen LogP contribution is -2.43. The second kappa shape index (κ2) is 6.19. The molecule has 4 heteroatoms. The summed E-state index contributed by atoms with van der Waals surface area (Å²) in [7, 11) is 0. The lowest BCUT2D eigenvalue weighted by Gasteiger charge is -2.35. The third-order valence-corrected chi connectivity index (χ3v) is 5.75. The van der Waals surface area contributed by atoms with Crippen LogP contribution in [0.25, 0.3) is 0 Å². The first kappa shape index (κ1) is 14.5. The van der Waals surface area contributed by atoms with Crippen molar-refractivity contribution in [3.05, 3.63) is 29.3 Å². The van der Waals surface area contributed by atoms with Crippen molar-refractivity contribution in [2.24, 2.45) is 0 Å². The van der Waals surface area contributed by atoms with Gasteiger partial charge in [-0.15, -0.1) is 0 Å². The van der Waals surface area contributed by atoms with Gasteiger partial charge in [0, 0.05) is 38.1 Å². The molecule has 0 bridgehead atoms. The third kappa shape index (κ3) is 2.64. The van der Waals surface area contributed by atoms with E-state index in [0.29, 0.717) is 17.7 Å². The molecular formula is C18H26N2O2. The summed E-state index contributed by atoms with van der Waals surface area (Å²) in [5, 5.41) is 10.1. The van der Waals surface area contributed by atoms with Crippen molar-refractivity contribution in [2.45, 2.75) is 31.2 Å². The van der Waals surface area contributed by atoms with Gasteiger partial charge in [-0.3, -0.25) is 9.80 Å². The van der Waals surface area contributed by atoms with Gasteiger partial charge >= 0.3 is 0 Å². The Morgan fingerprint density at radius 1 is 1.09 bits per heavy atom. The first-order valence-corrected chi connectivity index (χ1v) is 8.68. The number of likely N-dealkylation sites (tertiary alicyclic amines) is 1. The number of hydrogen-bond acceptors (Lipinski definition) is 4. The lowest BCUT2D eigenvalue weighted by molar-refractivity contribution is 0.0322. The van der Waals surface area contributed by atoms with Crippen molar-refractivity contribution >= 4 is 0 Å². The molecule has 4 nitrogen and oxygen atoms in total. The summed E-state index contributed by atoms with van der Waals surface area (Å²) in [5.41, 5.74) is 2.61. The zero-order chi connectivity index (χ0) is 14.9. The van der Waals surface area contributed by atoms with Crippen molar-refractivity contribution in [1.82, 2.24) is 9.80 Å². The Morgan fingerprint density at radius 2 is 1.95 bits per heavy atom. The highest BCUT2D eigenvalue weighted by molar-refractivity contribution is 5.44. The van der Waals surface area contributed by atoms with Crippen LogP contribution in [0.15, 0.2) is 18.2 Å². The minimum absolute atomic E-state index is 0.503. The summed E-state index contributed by atoms with van der Waals surface area (Å²) in [5.74, 6) is 1.13. The maximum Gasteiger partial charge on any atom is 0.119 e. The second-order valence-corrected chi connectivity index (χ2v) is 6.84. The molecule has 2 heterocycles. The summed E-state index contributed by atoms with van der Waals surface area (Å²) >= 11 is 0. The summed E-state index contributed by atoms with van der Waals surface area (Å²) in [6.45, 7) is 7.48. The minimum atomic E-state index is 0.503. The molecule has 0 saturated carbocycles. The van der Waals surface area contributed by atoms with Crippen LogP contribution in [0.3, 0.4) is 0 Å². The maximum absolute atomic E-state index is 10.1. The van der Waals surface area contributed by atoms with E-state index in [9.17, 15) is 5.11 Å². The molecule has 22 heavy (non-hydrogen) atoms. The largest absolute Gasteiger partial charge is 0.508 e. The van der Waals surface area contributed by atoms with Crippen molar-refractivity contribution in [2.75, 3.05) is 45.9 Å². The van der Waals surface area contributed by atoms with Gasteiger partial charge in [0.05, 0.1) is 13.2 Å². The van der Waals surface area contributed by atoms with Crippen LogP contribution < -0.4 is 0 Å². The first-order chi connectivity index (χ1) is 10.8. The quantitative estimate of drug-likeness (QED) is 0.924. The molecule has 2 unspecified atom stereocenters. The molecule has 0 amide bonds. The zero-order valence-corrected chi connectivity index (χ0v) is 13.2. The predicted octanol–water partition coefficient (Wildman–Crippen LogP) is 1.83. The molecule has 2 atom stereocenters. The molecular weight excluding hydrogens is 276 g/mol. The number of rotatable bonds is 3. The van der Waals surface area contributed by atoms with Gasteiger partial charge in [0.2, 0.25) is 0 Å². The molecule has 1 aliphatic carbocycles. The number of phenolic OH excluding ortho intramolecular Hbond substituents is 1. The zero-order valence-electron chi connectivity index (χ0n) is 13.2. The highest BCUT2D eigenvalue weighted by atomic mass is 16.5. The van der Waals surface area contributed by atoms with Crippen LogP contribution in [0, 0.1) is 0 Å². The molecule has 120 valence electrons. The Balaban J connectivity index is 1.42. The highest BCUT2D eigenvalue weighted by Gasteiger charge is 2.39. The van der Waals surface area contributed by atoms with E-state index in [1.807, 2.05) is 12.1 Å². The van der Waals surface area contributed by atoms with Gasteiger partial charge in [-0.25, -0.2) is 0 Å². The minimum Gasteiger partial charge on any atom is -0.508 e. The smallest absolute Gasteiger partial charge is 0.119 e. The number of aromatic hydroxyl groups is 1. The van der Waals surface area contributed by atoms with Gasteiger partial charge in [-0.05, 0) is 43.0 Å². The summed E-state index contributed by atoms with van der Waals surface area (Å²) < 4.78 is 5.43. The van der Waals surface area contributed by atoms with Crippen LogP contribution in [-0.4, -0.2) is 66.9 Å². The molecule has 0 spiro atoms. The van der Waals surface area contributed by atoms with Crippen LogP contribution in [0.5, 0.6) is 5.75 Å². The average molecular weight is 302 g/mol. The van der Waals surface area contributed by atoms with E-state index in [-0.39, 0.29) is 0 Å². The molecule has 2 fully saturated rings. The fourth-order valence-electron chi connectivity index (χ4n) is 4.54. The number of morpholine rings is 1. The third-order valence-electron chi connectivity index (χ3n) is 5.75. The normalized spacial score (nSPS) is 29.3. The number of benzene rings is 1. The van der Waals surface area contributed by atoms with E-state index in [4.69, 9.17) is 4.74 Å². The van der Waals surface area contributed by atoms with E-state index < -0.39 is 0 Å². The highest BCUT2D eigenvalue weighted by Crippen LogP contribution is 2.43. The van der Waals surface area contributed by atoms with E-state index >= 15 is 0 Å². The Morgan fingerprint density at radius 3 is 2.82 bits per heavy atom. The molecule has 1 aromatic rings. The Labute approximate surface area is 132 Å². The number of hydrogen-bond donors (Lipinski definition) is 1. The van der Waals surface area contributed by atoms with E-state index in [1.54, 1.807) is 0 Å². The molecule has 2 saturated heterocycles. The number of phenols is 1. The van der Waals surface area contributed by atoms with Crippen molar-refractivity contribution in [3.63, 3.8) is 0 Å². The van der Waals surface area contributed by atoms with E-state index in [0.717, 1.165) is 32.7 Å². The molecule has 4 rings (SSSR count). The fourth-order valence-corrected chi connectivity index (χ4v) is 4.54. The second-order valence-electron chi connectivity index (χ2n) is 6.84. The molecule has 1 N–H and O–H groups in total. The molecule has 2 aliphatic heterocycles. The van der Waals surface area contributed by atoms with Crippen LogP contribution in [0.4, 0.5) is 0 Å². The molecule has 0 radical (unpaired) electrons. The van der Waals surface area contributed by atoms with Gasteiger partial charge in [0.25, 0.3) is 0 Å². The summed E-state index contributed by atoms with van der Waals surface area (Å²) in [6, 6.07) is 6.75. The summed E-state index contributed by atoms with van der Waals surface area (Å²) in [4.78, 5) is 5.21. The lowest BCUT2D eigenvalue weighted by atomic mass is 9.79. The topological polar surface area (TPSA) is 35.9 Å². The van der Waals surface area contributed by atoms with Gasteiger partial charge in [-0.1, -0.05) is 12.1 Å². The standard InChI is InChI=1S/C18H26N2O2/c21-18-3-1-2-14-15-6-7-20(17(15)5-4-16(14)18)9-8-19-10-12-22-13-11-19/h1-3,15,17,21H,4-13H2. The van der Waals surface area contributed by atoms with Crippen LogP contribution in [0.2, 0.25) is 0 Å². The molecule has 3 aliphatic rings. The van der Waals surface area contributed by atoms with E-state index in [2.05, 4.69) is 15.9 Å². The number of nitrogens with zero attached hydrogens (tertiary/aromatic N) is 2. The van der Waals surface area contributed by atoms with Crippen LogP contribution >= 0.6 is 0 Å². The van der Waals surface area contributed by atoms with Crippen molar-refractivity contribution in [1.29, 1.82) is 0 Å². The Kier molecular flexibility index (Phi) is 4.07. The maximum atomic E-state index is 10.1. The van der Waals surface area contributed by atoms with Gasteiger partial charge in [0.1, 0.15) is 5.75 Å². The van der Waals surface area contributed by atoms with Gasteiger partial charge < -0.3 is 9.84 Å². The van der Waals surface area contributed by atoms with Gasteiger partial charge in [-0.2, -0.15) is 0 Å². The molecule has 0 aromatic heterocycles.